The molecule has 3 rings (SSSR count). The van der Waals surface area contributed by atoms with Crippen LogP contribution in [-0.2, 0) is 0 Å². The number of hydrogen-bond acceptors (Lipinski definition) is 4. The Bertz CT molecular complexity index is 639. The van der Waals surface area contributed by atoms with E-state index in [1.807, 2.05) is 0 Å². The van der Waals surface area contributed by atoms with Crippen molar-refractivity contribution < 1.29 is 9.21 Å². The van der Waals surface area contributed by atoms with E-state index in [0.717, 1.165) is 19.6 Å². The summed E-state index contributed by atoms with van der Waals surface area (Å²) in [4.78, 5) is 18.4. The lowest BCUT2D eigenvalue weighted by Gasteiger charge is -2.33. The van der Waals surface area contributed by atoms with Crippen molar-refractivity contribution in [2.24, 2.45) is 0 Å². The second kappa shape index (κ2) is 7.42. The Morgan fingerprint density at radius 1 is 1.39 bits per heavy atom. The standard InChI is InChI=1S/C18H23N3O2/c1-14-17(20-13-23-14)18(22)19-9-11-21-10-5-8-16(12-21)15-6-3-2-4-7-15/h2-4,6-7,13,16H,5,8-12H2,1H3,(H,19,22)/t16-/m1/s1. The van der Waals surface area contributed by atoms with E-state index in [0.29, 0.717) is 23.9 Å². The molecule has 1 aliphatic heterocycles. The lowest BCUT2D eigenvalue weighted by Crippen LogP contribution is -2.40. The fraction of sp³-hybridized carbons (Fsp3) is 0.444. The summed E-state index contributed by atoms with van der Waals surface area (Å²) >= 11 is 0. The lowest BCUT2D eigenvalue weighted by atomic mass is 9.91. The summed E-state index contributed by atoms with van der Waals surface area (Å²) in [6, 6.07) is 10.7. The normalized spacial score (nSPS) is 18.7. The highest BCUT2D eigenvalue weighted by molar-refractivity contribution is 5.92. The third kappa shape index (κ3) is 3.99. The summed E-state index contributed by atoms with van der Waals surface area (Å²) < 4.78 is 5.06. The van der Waals surface area contributed by atoms with E-state index < -0.39 is 0 Å². The molecular weight excluding hydrogens is 290 g/mol. The minimum absolute atomic E-state index is 0.159. The van der Waals surface area contributed by atoms with Crippen molar-refractivity contribution in [2.75, 3.05) is 26.2 Å². The number of oxazole rings is 1. The summed E-state index contributed by atoms with van der Waals surface area (Å²) in [5, 5.41) is 2.92. The molecule has 1 N–H and O–H groups in total. The van der Waals surface area contributed by atoms with E-state index in [9.17, 15) is 4.79 Å². The third-order valence-corrected chi connectivity index (χ3v) is 4.45. The van der Waals surface area contributed by atoms with Gasteiger partial charge in [0.05, 0.1) is 0 Å². The first-order valence-corrected chi connectivity index (χ1v) is 8.19. The summed E-state index contributed by atoms with van der Waals surface area (Å²) in [5.41, 5.74) is 1.80. The van der Waals surface area contributed by atoms with Crippen LogP contribution in [0, 0.1) is 6.92 Å². The quantitative estimate of drug-likeness (QED) is 0.922. The zero-order valence-corrected chi connectivity index (χ0v) is 13.5. The zero-order chi connectivity index (χ0) is 16.1. The average molecular weight is 313 g/mol. The van der Waals surface area contributed by atoms with E-state index >= 15 is 0 Å². The molecule has 0 unspecified atom stereocenters. The van der Waals surface area contributed by atoms with E-state index in [1.165, 1.54) is 24.8 Å². The second-order valence-electron chi connectivity index (χ2n) is 6.06. The van der Waals surface area contributed by atoms with Crippen LogP contribution in [0.3, 0.4) is 0 Å². The molecule has 1 aromatic heterocycles. The van der Waals surface area contributed by atoms with E-state index in [-0.39, 0.29) is 5.91 Å². The van der Waals surface area contributed by atoms with E-state index in [4.69, 9.17) is 4.42 Å². The molecule has 23 heavy (non-hydrogen) atoms. The van der Waals surface area contributed by atoms with Gasteiger partial charge in [-0.05, 0) is 37.8 Å². The number of benzene rings is 1. The number of nitrogens with zero attached hydrogens (tertiary/aromatic N) is 2. The van der Waals surface area contributed by atoms with Gasteiger partial charge >= 0.3 is 0 Å². The highest BCUT2D eigenvalue weighted by Gasteiger charge is 2.21. The summed E-state index contributed by atoms with van der Waals surface area (Å²) in [6.45, 7) is 5.40. The number of piperidine rings is 1. The molecule has 2 aromatic rings. The van der Waals surface area contributed by atoms with E-state index in [2.05, 4.69) is 45.5 Å². The van der Waals surface area contributed by atoms with Crippen molar-refractivity contribution >= 4 is 5.91 Å². The lowest BCUT2D eigenvalue weighted by molar-refractivity contribution is 0.0939. The van der Waals surface area contributed by atoms with Gasteiger partial charge in [-0.1, -0.05) is 30.3 Å². The van der Waals surface area contributed by atoms with Crippen LogP contribution >= 0.6 is 0 Å². The molecule has 0 spiro atoms. The first kappa shape index (κ1) is 15.7. The molecule has 1 amide bonds. The minimum Gasteiger partial charge on any atom is -0.448 e. The number of carbonyl (C=O) groups excluding carboxylic acids is 1. The van der Waals surface area contributed by atoms with Crippen LogP contribution in [0.15, 0.2) is 41.1 Å². The number of likely N-dealkylation sites (tertiary alicyclic amines) is 1. The van der Waals surface area contributed by atoms with Gasteiger partial charge in [-0.3, -0.25) is 4.79 Å². The molecule has 0 bridgehead atoms. The van der Waals surface area contributed by atoms with Gasteiger partial charge in [-0.15, -0.1) is 0 Å². The molecule has 0 saturated carbocycles. The van der Waals surface area contributed by atoms with Crippen molar-refractivity contribution in [1.82, 2.24) is 15.2 Å². The van der Waals surface area contributed by atoms with Crippen LogP contribution in [0.25, 0.3) is 0 Å². The number of rotatable bonds is 5. The van der Waals surface area contributed by atoms with Crippen molar-refractivity contribution in [2.45, 2.75) is 25.7 Å². The summed E-state index contributed by atoms with van der Waals surface area (Å²) in [7, 11) is 0. The average Bonchev–Trinajstić information content (AvgIpc) is 3.02. The van der Waals surface area contributed by atoms with Crippen molar-refractivity contribution in [1.29, 1.82) is 0 Å². The molecule has 0 aliphatic carbocycles. The van der Waals surface area contributed by atoms with Gasteiger partial charge in [0.25, 0.3) is 5.91 Å². The molecule has 5 heteroatoms. The van der Waals surface area contributed by atoms with Gasteiger partial charge in [-0.2, -0.15) is 0 Å². The van der Waals surface area contributed by atoms with E-state index in [1.54, 1.807) is 6.92 Å². The number of nitrogens with one attached hydrogen (secondary N) is 1. The second-order valence-corrected chi connectivity index (χ2v) is 6.06. The van der Waals surface area contributed by atoms with Crippen LogP contribution in [0.1, 0.15) is 40.6 Å². The molecule has 2 heterocycles. The van der Waals surface area contributed by atoms with Crippen molar-refractivity contribution in [3.8, 4) is 0 Å². The maximum absolute atomic E-state index is 12.0. The van der Waals surface area contributed by atoms with Crippen molar-refractivity contribution in [3.63, 3.8) is 0 Å². The van der Waals surface area contributed by atoms with Crippen LogP contribution in [0.5, 0.6) is 0 Å². The van der Waals surface area contributed by atoms with Gasteiger partial charge in [0.1, 0.15) is 5.76 Å². The highest BCUT2D eigenvalue weighted by Crippen LogP contribution is 2.26. The van der Waals surface area contributed by atoms with Crippen LogP contribution in [0.4, 0.5) is 0 Å². The summed E-state index contributed by atoms with van der Waals surface area (Å²) in [6.07, 6.45) is 3.75. The topological polar surface area (TPSA) is 58.4 Å². The Kier molecular flexibility index (Phi) is 5.08. The number of aromatic nitrogens is 1. The monoisotopic (exact) mass is 313 g/mol. The first-order valence-electron chi connectivity index (χ1n) is 8.19. The highest BCUT2D eigenvalue weighted by atomic mass is 16.3. The predicted octanol–water partition coefficient (Wildman–Crippen LogP) is 2.59. The molecular formula is C18H23N3O2. The van der Waals surface area contributed by atoms with Gasteiger partial charge in [0.15, 0.2) is 12.1 Å². The maximum atomic E-state index is 12.0. The fourth-order valence-corrected chi connectivity index (χ4v) is 3.19. The van der Waals surface area contributed by atoms with Gasteiger partial charge in [-0.25, -0.2) is 4.98 Å². The molecule has 122 valence electrons. The number of amides is 1. The molecule has 5 nitrogen and oxygen atoms in total. The maximum Gasteiger partial charge on any atom is 0.273 e. The van der Waals surface area contributed by atoms with Crippen molar-refractivity contribution in [3.05, 3.63) is 53.7 Å². The third-order valence-electron chi connectivity index (χ3n) is 4.45. The van der Waals surface area contributed by atoms with Gasteiger partial charge in [0.2, 0.25) is 0 Å². The molecule has 1 fully saturated rings. The zero-order valence-electron chi connectivity index (χ0n) is 13.5. The Morgan fingerprint density at radius 2 is 2.22 bits per heavy atom. The largest absolute Gasteiger partial charge is 0.448 e. The summed E-state index contributed by atoms with van der Waals surface area (Å²) in [5.74, 6) is 0.996. The predicted molar refractivity (Wildman–Crippen MR) is 88.4 cm³/mol. The van der Waals surface area contributed by atoms with Gasteiger partial charge in [0, 0.05) is 19.6 Å². The molecule has 0 radical (unpaired) electrons. The number of hydrogen-bond donors (Lipinski definition) is 1. The smallest absolute Gasteiger partial charge is 0.273 e. The molecule has 1 saturated heterocycles. The SMILES string of the molecule is Cc1ocnc1C(=O)NCCN1CCC[C@@H](c2ccccc2)C1. The van der Waals surface area contributed by atoms with Crippen LogP contribution < -0.4 is 5.32 Å². The van der Waals surface area contributed by atoms with Crippen LogP contribution in [-0.4, -0.2) is 42.0 Å². The molecule has 1 aromatic carbocycles. The Morgan fingerprint density at radius 3 is 2.96 bits per heavy atom. The Labute approximate surface area is 136 Å². The minimum atomic E-state index is -0.159. The molecule has 1 atom stereocenters. The molecule has 1 aliphatic rings. The first-order chi connectivity index (χ1) is 11.2. The number of aryl methyl sites for hydroxylation is 1. The fourth-order valence-electron chi connectivity index (χ4n) is 3.19. The van der Waals surface area contributed by atoms with Gasteiger partial charge < -0.3 is 14.6 Å². The van der Waals surface area contributed by atoms with Crippen LogP contribution in [0.2, 0.25) is 0 Å². The Balaban J connectivity index is 1.47. The number of carbonyl (C=O) groups is 1. The Hall–Kier alpha value is -2.14.